The van der Waals surface area contributed by atoms with E-state index in [1.54, 1.807) is 12.1 Å². The van der Waals surface area contributed by atoms with Crippen LogP contribution in [0.4, 0.5) is 0 Å². The second-order valence-corrected chi connectivity index (χ2v) is 6.88. The Morgan fingerprint density at radius 2 is 1.96 bits per heavy atom. The lowest BCUT2D eigenvalue weighted by Crippen LogP contribution is -2.43. The number of rotatable bonds is 5. The summed E-state index contributed by atoms with van der Waals surface area (Å²) in [4.78, 5) is 0. The first-order valence-corrected chi connectivity index (χ1v) is 8.75. The Labute approximate surface area is 156 Å². The quantitative estimate of drug-likeness (QED) is 0.734. The van der Waals surface area contributed by atoms with Crippen LogP contribution in [0, 0.1) is 5.92 Å². The minimum Gasteiger partial charge on any atom is -0.504 e. The average Bonchev–Trinajstić information content (AvgIpc) is 3.27. The first kappa shape index (κ1) is 17.9. The molecule has 4 rings (SSSR count). The van der Waals surface area contributed by atoms with Gasteiger partial charge in [-0.3, -0.25) is 0 Å². The van der Waals surface area contributed by atoms with Gasteiger partial charge in [0.1, 0.15) is 11.7 Å². The van der Waals surface area contributed by atoms with Crippen molar-refractivity contribution in [1.29, 1.82) is 0 Å². The molecule has 1 saturated heterocycles. The largest absolute Gasteiger partial charge is 0.504 e. The van der Waals surface area contributed by atoms with Gasteiger partial charge in [-0.15, -0.1) is 0 Å². The van der Waals surface area contributed by atoms with Crippen LogP contribution in [-0.2, 0) is 11.2 Å². The van der Waals surface area contributed by atoms with Gasteiger partial charge in [-0.05, 0) is 41.8 Å². The van der Waals surface area contributed by atoms with Crippen LogP contribution in [0.3, 0.4) is 0 Å². The zero-order chi connectivity index (χ0) is 19.0. The number of aliphatic hydroxyl groups is 2. The highest BCUT2D eigenvalue weighted by molar-refractivity contribution is 5.45. The predicted octanol–water partition coefficient (Wildman–Crippen LogP) is 1.78. The Bertz CT molecular complexity index is 837. The Morgan fingerprint density at radius 3 is 2.74 bits per heavy atom. The van der Waals surface area contributed by atoms with Crippen molar-refractivity contribution in [2.45, 2.75) is 18.1 Å². The van der Waals surface area contributed by atoms with E-state index in [4.69, 9.17) is 18.9 Å². The van der Waals surface area contributed by atoms with Crippen LogP contribution >= 0.6 is 0 Å². The highest BCUT2D eigenvalue weighted by Gasteiger charge is 2.50. The molecule has 0 saturated carbocycles. The average molecular weight is 374 g/mol. The number of benzene rings is 2. The number of aliphatic hydroxyl groups excluding tert-OH is 1. The van der Waals surface area contributed by atoms with E-state index in [1.807, 2.05) is 18.2 Å². The van der Waals surface area contributed by atoms with E-state index < -0.39 is 18.3 Å². The number of hydrogen-bond acceptors (Lipinski definition) is 7. The number of hydrogen-bond donors (Lipinski definition) is 3. The molecule has 144 valence electrons. The van der Waals surface area contributed by atoms with Crippen molar-refractivity contribution in [3.63, 3.8) is 0 Å². The van der Waals surface area contributed by atoms with Gasteiger partial charge in [0.25, 0.3) is 0 Å². The molecule has 1 fully saturated rings. The molecule has 0 aliphatic carbocycles. The number of phenols is 1. The van der Waals surface area contributed by atoms with Crippen LogP contribution in [0.5, 0.6) is 23.0 Å². The SMILES string of the molecule is COc1cc(C2OCC(Cc3ccc4c(c3)OCO4)C2(O)CO)ccc1O. The van der Waals surface area contributed by atoms with Crippen LogP contribution in [0.25, 0.3) is 0 Å². The van der Waals surface area contributed by atoms with E-state index in [1.165, 1.54) is 13.2 Å². The number of methoxy groups -OCH3 is 1. The second kappa shape index (κ2) is 6.92. The minimum atomic E-state index is -1.46. The maximum Gasteiger partial charge on any atom is 0.231 e. The molecule has 2 aromatic carbocycles. The van der Waals surface area contributed by atoms with Gasteiger partial charge in [-0.25, -0.2) is 0 Å². The molecule has 2 heterocycles. The first-order chi connectivity index (χ1) is 13.0. The van der Waals surface area contributed by atoms with Crippen LogP contribution in [0.1, 0.15) is 17.2 Å². The number of fused-ring (bicyclic) bond motifs is 1. The predicted molar refractivity (Wildman–Crippen MR) is 95.1 cm³/mol. The summed E-state index contributed by atoms with van der Waals surface area (Å²) in [5, 5.41) is 31.0. The summed E-state index contributed by atoms with van der Waals surface area (Å²) in [5.41, 5.74) is 0.135. The third kappa shape index (κ3) is 3.07. The molecular formula is C20H22O7. The molecular weight excluding hydrogens is 352 g/mol. The molecule has 27 heavy (non-hydrogen) atoms. The fraction of sp³-hybridized carbons (Fsp3) is 0.400. The summed E-state index contributed by atoms with van der Waals surface area (Å²) < 4.78 is 21.7. The van der Waals surface area contributed by atoms with Gasteiger partial charge in [-0.2, -0.15) is 0 Å². The van der Waals surface area contributed by atoms with E-state index in [2.05, 4.69) is 0 Å². The maximum absolute atomic E-state index is 11.2. The van der Waals surface area contributed by atoms with E-state index in [0.29, 0.717) is 30.1 Å². The van der Waals surface area contributed by atoms with Crippen molar-refractivity contribution in [3.05, 3.63) is 47.5 Å². The Balaban J connectivity index is 1.58. The van der Waals surface area contributed by atoms with E-state index in [-0.39, 0.29) is 24.2 Å². The van der Waals surface area contributed by atoms with Gasteiger partial charge < -0.3 is 34.3 Å². The standard InChI is InChI=1S/C20H22O7/c1-24-17-8-13(3-4-15(17)22)19-20(23,10-21)14(9-25-19)6-12-2-5-16-18(7-12)27-11-26-16/h2-5,7-8,14,19,21-23H,6,9-11H2,1H3. The summed E-state index contributed by atoms with van der Waals surface area (Å²) in [6, 6.07) is 10.4. The lowest BCUT2D eigenvalue weighted by molar-refractivity contribution is -0.0882. The highest BCUT2D eigenvalue weighted by Crippen LogP contribution is 2.45. The van der Waals surface area contributed by atoms with Crippen LogP contribution in [0.15, 0.2) is 36.4 Å². The third-order valence-corrected chi connectivity index (χ3v) is 5.30. The third-order valence-electron chi connectivity index (χ3n) is 5.30. The normalized spacial score (nSPS) is 26.3. The molecule has 7 heteroatoms. The highest BCUT2D eigenvalue weighted by atomic mass is 16.7. The topological polar surface area (TPSA) is 97.6 Å². The smallest absolute Gasteiger partial charge is 0.231 e. The minimum absolute atomic E-state index is 0.00342. The van der Waals surface area contributed by atoms with Crippen molar-refractivity contribution < 1.29 is 34.3 Å². The second-order valence-electron chi connectivity index (χ2n) is 6.88. The molecule has 2 aliphatic heterocycles. The molecule has 0 aromatic heterocycles. The Hall–Kier alpha value is -2.48. The van der Waals surface area contributed by atoms with Gasteiger partial charge >= 0.3 is 0 Å². The monoisotopic (exact) mass is 374 g/mol. The van der Waals surface area contributed by atoms with E-state index in [9.17, 15) is 15.3 Å². The molecule has 2 aliphatic rings. The fourth-order valence-electron chi connectivity index (χ4n) is 3.76. The Kier molecular flexibility index (Phi) is 4.59. The molecule has 0 spiro atoms. The van der Waals surface area contributed by atoms with Gasteiger partial charge in [0.15, 0.2) is 23.0 Å². The van der Waals surface area contributed by atoms with Gasteiger partial charge in [0.05, 0.1) is 20.3 Å². The molecule has 3 N–H and O–H groups in total. The summed E-state index contributed by atoms with van der Waals surface area (Å²) in [6.07, 6.45) is -0.213. The van der Waals surface area contributed by atoms with E-state index in [0.717, 1.165) is 5.56 Å². The fourth-order valence-corrected chi connectivity index (χ4v) is 3.76. The lowest BCUT2D eigenvalue weighted by Gasteiger charge is -2.32. The summed E-state index contributed by atoms with van der Waals surface area (Å²) in [5.74, 6) is 1.36. The van der Waals surface area contributed by atoms with Gasteiger partial charge in [-0.1, -0.05) is 12.1 Å². The number of ether oxygens (including phenoxy) is 4. The van der Waals surface area contributed by atoms with Crippen LogP contribution in [-0.4, -0.2) is 48.0 Å². The van der Waals surface area contributed by atoms with Crippen molar-refractivity contribution in [2.24, 2.45) is 5.92 Å². The van der Waals surface area contributed by atoms with Crippen molar-refractivity contribution in [2.75, 3.05) is 27.1 Å². The lowest BCUT2D eigenvalue weighted by atomic mass is 9.80. The van der Waals surface area contributed by atoms with Crippen LogP contribution in [0.2, 0.25) is 0 Å². The summed E-state index contributed by atoms with van der Waals surface area (Å²) in [7, 11) is 1.45. The molecule has 7 nitrogen and oxygen atoms in total. The Morgan fingerprint density at radius 1 is 1.15 bits per heavy atom. The van der Waals surface area contributed by atoms with Crippen molar-refractivity contribution in [3.8, 4) is 23.0 Å². The van der Waals surface area contributed by atoms with Crippen LogP contribution < -0.4 is 14.2 Å². The number of aromatic hydroxyl groups is 1. The van der Waals surface area contributed by atoms with E-state index >= 15 is 0 Å². The zero-order valence-electron chi connectivity index (χ0n) is 14.9. The molecule has 0 radical (unpaired) electrons. The summed E-state index contributed by atoms with van der Waals surface area (Å²) in [6.45, 7) is 0.0477. The molecule has 3 atom stereocenters. The molecule has 2 aromatic rings. The van der Waals surface area contributed by atoms with Crippen molar-refractivity contribution in [1.82, 2.24) is 0 Å². The van der Waals surface area contributed by atoms with Gasteiger partial charge in [0.2, 0.25) is 6.79 Å². The van der Waals surface area contributed by atoms with Crippen molar-refractivity contribution >= 4 is 0 Å². The molecule has 0 bridgehead atoms. The maximum atomic E-state index is 11.2. The first-order valence-electron chi connectivity index (χ1n) is 8.75. The number of phenolic OH excluding ortho intramolecular Hbond substituents is 1. The summed E-state index contributed by atoms with van der Waals surface area (Å²) >= 11 is 0. The molecule has 3 unspecified atom stereocenters. The van der Waals surface area contributed by atoms with Gasteiger partial charge in [0, 0.05) is 5.92 Å². The zero-order valence-corrected chi connectivity index (χ0v) is 14.9. The molecule has 0 amide bonds.